The lowest BCUT2D eigenvalue weighted by atomic mass is 10.3. The Morgan fingerprint density at radius 3 is 2.90 bits per heavy atom. The molecule has 6 nitrogen and oxygen atoms in total. The zero-order chi connectivity index (χ0) is 14.5. The highest BCUT2D eigenvalue weighted by molar-refractivity contribution is 7.09. The van der Waals surface area contributed by atoms with Crippen LogP contribution in [0.1, 0.15) is 16.1 Å². The summed E-state index contributed by atoms with van der Waals surface area (Å²) in [5.74, 6) is 0.360. The molecule has 0 spiro atoms. The topological polar surface area (TPSA) is 83.6 Å². The van der Waals surface area contributed by atoms with Crippen LogP contribution in [0.25, 0.3) is 0 Å². The number of hydrogen-bond acceptors (Lipinski definition) is 6. The van der Waals surface area contributed by atoms with Gasteiger partial charge in [-0.05, 0) is 23.1 Å². The van der Waals surface area contributed by atoms with Gasteiger partial charge in [0.2, 0.25) is 5.95 Å². The molecule has 0 saturated heterocycles. The summed E-state index contributed by atoms with van der Waals surface area (Å²) in [5, 5.41) is 13.0. The SMILES string of the molecule is O=c1[nH]c(NCc2cccnc2)nnc1Cc1cccs1. The van der Waals surface area contributed by atoms with Gasteiger partial charge in [-0.3, -0.25) is 14.8 Å². The largest absolute Gasteiger partial charge is 0.350 e. The molecule has 3 aromatic heterocycles. The number of H-pyrrole nitrogens is 1. The van der Waals surface area contributed by atoms with Crippen LogP contribution in [-0.4, -0.2) is 20.2 Å². The Morgan fingerprint density at radius 1 is 1.24 bits per heavy atom. The van der Waals surface area contributed by atoms with Crippen molar-refractivity contribution in [1.29, 1.82) is 0 Å². The second-order valence-corrected chi connectivity index (χ2v) is 5.45. The van der Waals surface area contributed by atoms with Crippen LogP contribution in [0.2, 0.25) is 0 Å². The lowest BCUT2D eigenvalue weighted by molar-refractivity contribution is 0.863. The molecule has 0 fully saturated rings. The van der Waals surface area contributed by atoms with E-state index in [2.05, 4.69) is 25.5 Å². The normalized spacial score (nSPS) is 10.5. The molecule has 0 aliphatic heterocycles. The number of nitrogens with zero attached hydrogens (tertiary/aromatic N) is 3. The van der Waals surface area contributed by atoms with E-state index < -0.39 is 0 Å². The van der Waals surface area contributed by atoms with Crippen molar-refractivity contribution in [1.82, 2.24) is 20.2 Å². The van der Waals surface area contributed by atoms with E-state index in [1.165, 1.54) is 0 Å². The molecule has 0 amide bonds. The van der Waals surface area contributed by atoms with Crippen molar-refractivity contribution < 1.29 is 0 Å². The molecule has 3 rings (SSSR count). The number of rotatable bonds is 5. The molecule has 0 atom stereocenters. The lowest BCUT2D eigenvalue weighted by Gasteiger charge is -2.04. The first-order valence-electron chi connectivity index (χ1n) is 6.42. The van der Waals surface area contributed by atoms with E-state index >= 15 is 0 Å². The van der Waals surface area contributed by atoms with Gasteiger partial charge in [-0.1, -0.05) is 12.1 Å². The molecular weight excluding hydrogens is 286 g/mol. The van der Waals surface area contributed by atoms with Crippen molar-refractivity contribution in [2.45, 2.75) is 13.0 Å². The van der Waals surface area contributed by atoms with Gasteiger partial charge in [0, 0.05) is 30.2 Å². The molecule has 7 heteroatoms. The number of anilines is 1. The Bertz CT molecular complexity index is 755. The third-order valence-electron chi connectivity index (χ3n) is 2.87. The van der Waals surface area contributed by atoms with Gasteiger partial charge in [0.05, 0.1) is 0 Å². The summed E-state index contributed by atoms with van der Waals surface area (Å²) in [7, 11) is 0. The minimum atomic E-state index is -0.216. The van der Waals surface area contributed by atoms with Crippen molar-refractivity contribution in [2.75, 3.05) is 5.32 Å². The predicted octanol–water partition coefficient (Wildman–Crippen LogP) is 1.82. The van der Waals surface area contributed by atoms with Gasteiger partial charge in [0.15, 0.2) is 0 Å². The van der Waals surface area contributed by atoms with Gasteiger partial charge in [0.1, 0.15) is 5.69 Å². The molecule has 0 radical (unpaired) electrons. The average Bonchev–Trinajstić information content (AvgIpc) is 3.02. The van der Waals surface area contributed by atoms with Crippen LogP contribution in [0.15, 0.2) is 46.8 Å². The molecule has 0 bridgehead atoms. The van der Waals surface area contributed by atoms with Crippen LogP contribution in [0.3, 0.4) is 0 Å². The van der Waals surface area contributed by atoms with Crippen molar-refractivity contribution in [3.8, 4) is 0 Å². The smallest absolute Gasteiger partial charge is 0.274 e. The minimum Gasteiger partial charge on any atom is -0.350 e. The molecule has 0 aromatic carbocycles. The summed E-state index contributed by atoms with van der Waals surface area (Å²) in [6.45, 7) is 0.530. The van der Waals surface area contributed by atoms with E-state index in [9.17, 15) is 4.79 Å². The second kappa shape index (κ2) is 6.27. The zero-order valence-electron chi connectivity index (χ0n) is 11.1. The molecule has 3 heterocycles. The van der Waals surface area contributed by atoms with Crippen molar-refractivity contribution in [2.24, 2.45) is 0 Å². The van der Waals surface area contributed by atoms with E-state index in [1.54, 1.807) is 23.7 Å². The maximum atomic E-state index is 12.0. The van der Waals surface area contributed by atoms with Gasteiger partial charge in [-0.2, -0.15) is 0 Å². The van der Waals surface area contributed by atoms with Crippen molar-refractivity contribution >= 4 is 17.3 Å². The van der Waals surface area contributed by atoms with E-state index in [0.29, 0.717) is 24.6 Å². The molecule has 106 valence electrons. The van der Waals surface area contributed by atoms with Gasteiger partial charge < -0.3 is 5.32 Å². The van der Waals surface area contributed by atoms with Gasteiger partial charge >= 0.3 is 0 Å². The summed E-state index contributed by atoms with van der Waals surface area (Å²) >= 11 is 1.60. The standard InChI is InChI=1S/C14H13N5OS/c20-13-12(7-11-4-2-6-21-11)18-19-14(17-13)16-9-10-3-1-5-15-8-10/h1-6,8H,7,9H2,(H2,16,17,19,20). The van der Waals surface area contributed by atoms with Crippen molar-refractivity contribution in [3.05, 3.63) is 68.5 Å². The molecule has 0 saturated carbocycles. The highest BCUT2D eigenvalue weighted by Crippen LogP contribution is 2.11. The van der Waals surface area contributed by atoms with Crippen LogP contribution >= 0.6 is 11.3 Å². The molecule has 0 aliphatic rings. The number of pyridine rings is 1. The number of nitrogens with one attached hydrogen (secondary N) is 2. The number of hydrogen-bond donors (Lipinski definition) is 2. The third-order valence-corrected chi connectivity index (χ3v) is 3.75. The molecule has 21 heavy (non-hydrogen) atoms. The van der Waals surface area contributed by atoms with Crippen LogP contribution in [0, 0.1) is 0 Å². The zero-order valence-corrected chi connectivity index (χ0v) is 11.9. The molecule has 3 aromatic rings. The van der Waals surface area contributed by atoms with E-state index in [4.69, 9.17) is 0 Å². The fourth-order valence-electron chi connectivity index (χ4n) is 1.82. The third kappa shape index (κ3) is 3.51. The fourth-order valence-corrected chi connectivity index (χ4v) is 2.53. The maximum Gasteiger partial charge on any atom is 0.274 e. The summed E-state index contributed by atoms with van der Waals surface area (Å²) < 4.78 is 0. The van der Waals surface area contributed by atoms with E-state index in [-0.39, 0.29) is 5.56 Å². The Labute approximate surface area is 124 Å². The first kappa shape index (κ1) is 13.4. The summed E-state index contributed by atoms with van der Waals surface area (Å²) in [6.07, 6.45) is 3.97. The minimum absolute atomic E-state index is 0.216. The monoisotopic (exact) mass is 299 g/mol. The Balaban J connectivity index is 1.68. The highest BCUT2D eigenvalue weighted by atomic mass is 32.1. The number of thiophene rings is 1. The second-order valence-electron chi connectivity index (χ2n) is 4.42. The Kier molecular flexibility index (Phi) is 4.02. The molecule has 0 unspecified atom stereocenters. The molecule has 0 aliphatic carbocycles. The lowest BCUT2D eigenvalue weighted by Crippen LogP contribution is -2.19. The quantitative estimate of drug-likeness (QED) is 0.751. The summed E-state index contributed by atoms with van der Waals surface area (Å²) in [5.41, 5.74) is 1.21. The Morgan fingerprint density at radius 2 is 2.19 bits per heavy atom. The average molecular weight is 299 g/mol. The molecular formula is C14H13N5OS. The van der Waals surface area contributed by atoms with Crippen LogP contribution in [0.5, 0.6) is 0 Å². The fraction of sp³-hybridized carbons (Fsp3) is 0.143. The first-order valence-corrected chi connectivity index (χ1v) is 7.30. The van der Waals surface area contributed by atoms with E-state index in [1.807, 2.05) is 29.6 Å². The first-order chi connectivity index (χ1) is 10.3. The highest BCUT2D eigenvalue weighted by Gasteiger charge is 2.06. The Hall–Kier alpha value is -2.54. The number of aromatic nitrogens is 4. The van der Waals surface area contributed by atoms with Gasteiger partial charge in [-0.25, -0.2) is 0 Å². The maximum absolute atomic E-state index is 12.0. The van der Waals surface area contributed by atoms with E-state index in [0.717, 1.165) is 10.4 Å². The predicted molar refractivity (Wildman–Crippen MR) is 81.3 cm³/mol. The number of aromatic amines is 1. The van der Waals surface area contributed by atoms with Crippen molar-refractivity contribution in [3.63, 3.8) is 0 Å². The van der Waals surface area contributed by atoms with Crippen LogP contribution < -0.4 is 10.9 Å². The van der Waals surface area contributed by atoms with Gasteiger partial charge in [0.25, 0.3) is 5.56 Å². The van der Waals surface area contributed by atoms with Crippen LogP contribution in [-0.2, 0) is 13.0 Å². The summed E-state index contributed by atoms with van der Waals surface area (Å²) in [4.78, 5) is 19.8. The van der Waals surface area contributed by atoms with Crippen LogP contribution in [0.4, 0.5) is 5.95 Å². The molecule has 2 N–H and O–H groups in total. The summed E-state index contributed by atoms with van der Waals surface area (Å²) in [6, 6.07) is 7.72. The van der Waals surface area contributed by atoms with Gasteiger partial charge in [-0.15, -0.1) is 21.5 Å².